The predicted octanol–water partition coefficient (Wildman–Crippen LogP) is 2.79. The van der Waals surface area contributed by atoms with Crippen molar-refractivity contribution in [3.63, 3.8) is 0 Å². The molecule has 126 valence electrons. The maximum Gasteiger partial charge on any atom is 0.387 e. The first kappa shape index (κ1) is 17.2. The Morgan fingerprint density at radius 2 is 1.75 bits per heavy atom. The van der Waals surface area contributed by atoms with Gasteiger partial charge in [-0.15, -0.1) is 0 Å². The molecule has 6 nitrogen and oxygen atoms in total. The second kappa shape index (κ2) is 7.91. The Balaban J connectivity index is 1.92. The Morgan fingerprint density at radius 3 is 2.42 bits per heavy atom. The van der Waals surface area contributed by atoms with E-state index in [0.717, 1.165) is 0 Å². The van der Waals surface area contributed by atoms with Gasteiger partial charge in [0, 0.05) is 0 Å². The van der Waals surface area contributed by atoms with Crippen LogP contribution >= 0.6 is 0 Å². The van der Waals surface area contributed by atoms with Gasteiger partial charge in [-0.2, -0.15) is 8.78 Å². The summed E-state index contributed by atoms with van der Waals surface area (Å²) >= 11 is 0. The summed E-state index contributed by atoms with van der Waals surface area (Å²) in [4.78, 5) is 23.5. The number of nitrogens with one attached hydrogen (secondary N) is 1. The molecule has 0 aliphatic rings. The molecule has 0 unspecified atom stereocenters. The fraction of sp³-hybridized carbons (Fsp3) is 0.125. The van der Waals surface area contributed by atoms with Crippen LogP contribution in [-0.2, 0) is 9.53 Å². The van der Waals surface area contributed by atoms with Crippen molar-refractivity contribution in [3.05, 3.63) is 54.1 Å². The van der Waals surface area contributed by atoms with Crippen LogP contribution in [0.25, 0.3) is 0 Å². The zero-order valence-electron chi connectivity index (χ0n) is 12.2. The largest absolute Gasteiger partial charge is 0.508 e. The number of anilines is 1. The standard InChI is InChI=1S/C16H13F2NO5/c17-16(18)24-13-4-2-1-3-12(13)19-14(21)9-23-15(22)10-5-7-11(20)8-6-10/h1-8,16,20H,9H2,(H,19,21). The molecule has 0 spiro atoms. The van der Waals surface area contributed by atoms with E-state index in [1.54, 1.807) is 0 Å². The molecule has 2 rings (SSSR count). The van der Waals surface area contributed by atoms with Crippen LogP contribution in [0, 0.1) is 0 Å². The number of halogens is 2. The minimum absolute atomic E-state index is 0.0140. The number of phenolic OH excluding ortho intramolecular Hbond substituents is 1. The zero-order chi connectivity index (χ0) is 17.5. The van der Waals surface area contributed by atoms with Crippen molar-refractivity contribution in [1.82, 2.24) is 0 Å². The number of rotatable bonds is 6. The average molecular weight is 337 g/mol. The van der Waals surface area contributed by atoms with E-state index in [9.17, 15) is 18.4 Å². The van der Waals surface area contributed by atoms with Crippen LogP contribution in [0.4, 0.5) is 14.5 Å². The van der Waals surface area contributed by atoms with Crippen molar-refractivity contribution in [2.24, 2.45) is 0 Å². The monoisotopic (exact) mass is 337 g/mol. The van der Waals surface area contributed by atoms with E-state index in [1.165, 1.54) is 48.5 Å². The van der Waals surface area contributed by atoms with Gasteiger partial charge in [-0.3, -0.25) is 4.79 Å². The molecular weight excluding hydrogens is 324 g/mol. The van der Waals surface area contributed by atoms with Crippen molar-refractivity contribution >= 4 is 17.6 Å². The molecule has 1 amide bonds. The van der Waals surface area contributed by atoms with Gasteiger partial charge < -0.3 is 19.9 Å². The topological polar surface area (TPSA) is 84.9 Å². The summed E-state index contributed by atoms with van der Waals surface area (Å²) in [5, 5.41) is 11.4. The molecule has 2 aromatic rings. The summed E-state index contributed by atoms with van der Waals surface area (Å²) in [6.45, 7) is -3.64. The Labute approximate surface area is 135 Å². The molecule has 0 saturated heterocycles. The number of hydrogen-bond donors (Lipinski definition) is 2. The number of alkyl halides is 2. The quantitative estimate of drug-likeness (QED) is 0.792. The van der Waals surface area contributed by atoms with Gasteiger partial charge in [-0.25, -0.2) is 4.79 Å². The highest BCUT2D eigenvalue weighted by atomic mass is 19.3. The Kier molecular flexibility index (Phi) is 5.67. The molecule has 8 heteroatoms. The van der Waals surface area contributed by atoms with Crippen molar-refractivity contribution in [2.45, 2.75) is 6.61 Å². The van der Waals surface area contributed by atoms with E-state index >= 15 is 0 Å². The van der Waals surface area contributed by atoms with Gasteiger partial charge in [-0.05, 0) is 36.4 Å². The molecular formula is C16H13F2NO5. The van der Waals surface area contributed by atoms with Crippen LogP contribution in [0.15, 0.2) is 48.5 Å². The second-order valence-electron chi connectivity index (χ2n) is 4.55. The maximum atomic E-state index is 12.3. The highest BCUT2D eigenvalue weighted by molar-refractivity contribution is 5.96. The van der Waals surface area contributed by atoms with Gasteiger partial charge in [-0.1, -0.05) is 12.1 Å². The maximum absolute atomic E-state index is 12.3. The SMILES string of the molecule is O=C(COC(=O)c1ccc(O)cc1)Nc1ccccc1OC(F)F. The first-order valence-electron chi connectivity index (χ1n) is 6.75. The molecule has 0 aliphatic heterocycles. The van der Waals surface area contributed by atoms with Crippen molar-refractivity contribution in [3.8, 4) is 11.5 Å². The van der Waals surface area contributed by atoms with Gasteiger partial charge in [0.15, 0.2) is 6.61 Å². The Hall–Kier alpha value is -3.16. The van der Waals surface area contributed by atoms with Gasteiger partial charge in [0.2, 0.25) is 0 Å². The molecule has 24 heavy (non-hydrogen) atoms. The normalized spacial score (nSPS) is 10.3. The van der Waals surface area contributed by atoms with E-state index in [4.69, 9.17) is 9.84 Å². The Bertz CT molecular complexity index is 719. The van der Waals surface area contributed by atoms with Crippen LogP contribution in [0.5, 0.6) is 11.5 Å². The molecule has 0 bridgehead atoms. The molecule has 0 aromatic heterocycles. The third-order valence-corrected chi connectivity index (χ3v) is 2.81. The molecule has 2 aromatic carbocycles. The lowest BCUT2D eigenvalue weighted by Crippen LogP contribution is -2.21. The summed E-state index contributed by atoms with van der Waals surface area (Å²) in [5.41, 5.74) is 0.186. The number of amides is 1. The second-order valence-corrected chi connectivity index (χ2v) is 4.55. The number of phenols is 1. The number of ether oxygens (including phenoxy) is 2. The van der Waals surface area contributed by atoms with Crippen molar-refractivity contribution < 1.29 is 33.0 Å². The number of benzene rings is 2. The predicted molar refractivity (Wildman–Crippen MR) is 80.1 cm³/mol. The third kappa shape index (κ3) is 4.94. The van der Waals surface area contributed by atoms with Crippen LogP contribution in [0.1, 0.15) is 10.4 Å². The molecule has 0 aliphatic carbocycles. The lowest BCUT2D eigenvalue weighted by molar-refractivity contribution is -0.119. The lowest BCUT2D eigenvalue weighted by Gasteiger charge is -2.11. The first-order chi connectivity index (χ1) is 11.5. The fourth-order valence-corrected chi connectivity index (χ4v) is 1.77. The van der Waals surface area contributed by atoms with Crippen LogP contribution in [0.2, 0.25) is 0 Å². The number of hydrogen-bond acceptors (Lipinski definition) is 5. The third-order valence-electron chi connectivity index (χ3n) is 2.81. The van der Waals surface area contributed by atoms with E-state index in [0.29, 0.717) is 0 Å². The van der Waals surface area contributed by atoms with E-state index in [-0.39, 0.29) is 22.7 Å². The zero-order valence-corrected chi connectivity index (χ0v) is 12.2. The van der Waals surface area contributed by atoms with Crippen LogP contribution in [-0.4, -0.2) is 30.2 Å². The van der Waals surface area contributed by atoms with Gasteiger partial charge in [0.1, 0.15) is 11.5 Å². The number of carbonyl (C=O) groups is 2. The molecule has 0 fully saturated rings. The lowest BCUT2D eigenvalue weighted by atomic mass is 10.2. The molecule has 0 heterocycles. The Morgan fingerprint density at radius 1 is 1.08 bits per heavy atom. The summed E-state index contributed by atoms with van der Waals surface area (Å²) in [5.74, 6) is -1.69. The van der Waals surface area contributed by atoms with Crippen LogP contribution < -0.4 is 10.1 Å². The number of carbonyl (C=O) groups excluding carboxylic acids is 2. The van der Waals surface area contributed by atoms with E-state index in [1.807, 2.05) is 0 Å². The number of esters is 1. The summed E-state index contributed by atoms with van der Waals surface area (Å²) in [6, 6.07) is 10.9. The first-order valence-corrected chi connectivity index (χ1v) is 6.75. The smallest absolute Gasteiger partial charge is 0.387 e. The number of para-hydroxylation sites is 2. The average Bonchev–Trinajstić information content (AvgIpc) is 2.54. The van der Waals surface area contributed by atoms with Crippen molar-refractivity contribution in [2.75, 3.05) is 11.9 Å². The van der Waals surface area contributed by atoms with Gasteiger partial charge >= 0.3 is 12.6 Å². The molecule has 0 saturated carbocycles. The number of aromatic hydroxyl groups is 1. The summed E-state index contributed by atoms with van der Waals surface area (Å²) in [6.07, 6.45) is 0. The van der Waals surface area contributed by atoms with E-state index in [2.05, 4.69) is 10.1 Å². The minimum Gasteiger partial charge on any atom is -0.508 e. The fourth-order valence-electron chi connectivity index (χ4n) is 1.77. The summed E-state index contributed by atoms with van der Waals surface area (Å²) < 4.78 is 33.6. The molecule has 0 atom stereocenters. The van der Waals surface area contributed by atoms with Crippen LogP contribution in [0.3, 0.4) is 0 Å². The summed E-state index contributed by atoms with van der Waals surface area (Å²) in [7, 11) is 0. The van der Waals surface area contributed by atoms with E-state index < -0.39 is 25.1 Å². The highest BCUT2D eigenvalue weighted by Crippen LogP contribution is 2.25. The van der Waals surface area contributed by atoms with Gasteiger partial charge in [0.25, 0.3) is 5.91 Å². The minimum atomic E-state index is -3.03. The van der Waals surface area contributed by atoms with Crippen molar-refractivity contribution in [1.29, 1.82) is 0 Å². The van der Waals surface area contributed by atoms with Gasteiger partial charge in [0.05, 0.1) is 11.3 Å². The molecule has 2 N–H and O–H groups in total. The highest BCUT2D eigenvalue weighted by Gasteiger charge is 2.14. The molecule has 0 radical (unpaired) electrons.